The van der Waals surface area contributed by atoms with Crippen molar-refractivity contribution in [2.75, 3.05) is 14.2 Å². The largest absolute Gasteiger partial charge is 0.497 e. The SMILES string of the molecule is COc1ccc(-c2nc[c]o2)c(OC)c1. The molecule has 2 aromatic rings. The second-order valence-corrected chi connectivity index (χ2v) is 2.85. The molecule has 0 bridgehead atoms. The average Bonchev–Trinajstić information content (AvgIpc) is 2.81. The number of benzene rings is 1. The van der Waals surface area contributed by atoms with E-state index in [1.807, 2.05) is 12.1 Å². The molecule has 0 aliphatic rings. The predicted octanol–water partition coefficient (Wildman–Crippen LogP) is 2.16. The molecule has 0 spiro atoms. The van der Waals surface area contributed by atoms with E-state index in [1.54, 1.807) is 20.3 Å². The first-order valence-electron chi connectivity index (χ1n) is 4.39. The van der Waals surface area contributed by atoms with Crippen molar-refractivity contribution in [3.63, 3.8) is 0 Å². The maximum Gasteiger partial charge on any atom is 0.230 e. The summed E-state index contributed by atoms with van der Waals surface area (Å²) in [5.41, 5.74) is 0.777. The summed E-state index contributed by atoms with van der Waals surface area (Å²) in [5.74, 6) is 1.87. The van der Waals surface area contributed by atoms with Crippen LogP contribution in [0.5, 0.6) is 11.5 Å². The number of nitrogens with zero attached hydrogens (tertiary/aromatic N) is 1. The van der Waals surface area contributed by atoms with Gasteiger partial charge in [0.25, 0.3) is 0 Å². The fourth-order valence-corrected chi connectivity index (χ4v) is 1.29. The first-order chi connectivity index (χ1) is 7.35. The normalized spacial score (nSPS) is 10.0. The van der Waals surface area contributed by atoms with Crippen molar-refractivity contribution in [1.82, 2.24) is 4.98 Å². The van der Waals surface area contributed by atoms with Gasteiger partial charge in [0.1, 0.15) is 11.5 Å². The molecule has 15 heavy (non-hydrogen) atoms. The van der Waals surface area contributed by atoms with E-state index in [0.29, 0.717) is 11.6 Å². The summed E-state index contributed by atoms with van der Waals surface area (Å²) in [4.78, 5) is 4.01. The smallest absolute Gasteiger partial charge is 0.230 e. The van der Waals surface area contributed by atoms with Crippen molar-refractivity contribution in [2.24, 2.45) is 0 Å². The highest BCUT2D eigenvalue weighted by molar-refractivity contribution is 5.64. The van der Waals surface area contributed by atoms with E-state index in [0.717, 1.165) is 11.3 Å². The van der Waals surface area contributed by atoms with Gasteiger partial charge in [-0.2, -0.15) is 0 Å². The molecule has 1 heterocycles. The van der Waals surface area contributed by atoms with Gasteiger partial charge >= 0.3 is 0 Å². The van der Waals surface area contributed by atoms with Crippen LogP contribution >= 0.6 is 0 Å². The molecule has 1 radical (unpaired) electrons. The maximum absolute atomic E-state index is 5.22. The van der Waals surface area contributed by atoms with Crippen molar-refractivity contribution >= 4 is 0 Å². The van der Waals surface area contributed by atoms with Crippen molar-refractivity contribution < 1.29 is 13.9 Å². The third-order valence-electron chi connectivity index (χ3n) is 2.03. The van der Waals surface area contributed by atoms with E-state index >= 15 is 0 Å². The fourth-order valence-electron chi connectivity index (χ4n) is 1.29. The molecule has 0 N–H and O–H groups in total. The molecule has 0 aliphatic carbocycles. The number of hydrogen-bond donors (Lipinski definition) is 0. The molecular formula is C11H10NO3. The van der Waals surface area contributed by atoms with Crippen LogP contribution in [-0.4, -0.2) is 19.2 Å². The summed E-state index contributed by atoms with van der Waals surface area (Å²) in [7, 11) is 3.19. The van der Waals surface area contributed by atoms with E-state index in [-0.39, 0.29) is 0 Å². The molecule has 0 fully saturated rings. The molecule has 1 aromatic heterocycles. The second-order valence-electron chi connectivity index (χ2n) is 2.85. The summed E-state index contributed by atoms with van der Waals surface area (Å²) in [6.45, 7) is 0. The molecule has 0 amide bonds. The Hall–Kier alpha value is -1.97. The van der Waals surface area contributed by atoms with Crippen molar-refractivity contribution in [2.45, 2.75) is 0 Å². The van der Waals surface area contributed by atoms with Crippen molar-refractivity contribution in [3.8, 4) is 23.0 Å². The van der Waals surface area contributed by atoms with Crippen molar-refractivity contribution in [1.29, 1.82) is 0 Å². The minimum Gasteiger partial charge on any atom is -0.497 e. The molecule has 0 saturated heterocycles. The van der Waals surface area contributed by atoms with E-state index in [9.17, 15) is 0 Å². The Kier molecular flexibility index (Phi) is 2.58. The summed E-state index contributed by atoms with van der Waals surface area (Å²) in [6, 6.07) is 5.43. The van der Waals surface area contributed by atoms with Gasteiger partial charge in [0.15, 0.2) is 6.26 Å². The number of methoxy groups -OCH3 is 2. The lowest BCUT2D eigenvalue weighted by molar-refractivity contribution is 0.394. The number of aromatic nitrogens is 1. The molecule has 1 aromatic carbocycles. The van der Waals surface area contributed by atoms with Gasteiger partial charge in [-0.15, -0.1) is 0 Å². The molecular weight excluding hydrogens is 194 g/mol. The third kappa shape index (κ3) is 1.79. The Morgan fingerprint density at radius 2 is 2.13 bits per heavy atom. The van der Waals surface area contributed by atoms with Gasteiger partial charge in [-0.3, -0.25) is 0 Å². The predicted molar refractivity (Wildman–Crippen MR) is 53.9 cm³/mol. The van der Waals surface area contributed by atoms with E-state index in [2.05, 4.69) is 11.2 Å². The zero-order valence-corrected chi connectivity index (χ0v) is 8.48. The lowest BCUT2D eigenvalue weighted by atomic mass is 10.2. The summed E-state index contributed by atoms with van der Waals surface area (Å²) >= 11 is 0. The van der Waals surface area contributed by atoms with Gasteiger partial charge < -0.3 is 13.9 Å². The molecule has 0 saturated carbocycles. The van der Waals surface area contributed by atoms with Crippen LogP contribution in [0.15, 0.2) is 28.8 Å². The Labute approximate surface area is 87.5 Å². The minimum atomic E-state index is 0.481. The third-order valence-corrected chi connectivity index (χ3v) is 2.03. The number of ether oxygens (including phenoxy) is 2. The van der Waals surface area contributed by atoms with Crippen LogP contribution < -0.4 is 9.47 Å². The number of hydrogen-bond acceptors (Lipinski definition) is 4. The van der Waals surface area contributed by atoms with Gasteiger partial charge in [-0.1, -0.05) is 0 Å². The highest BCUT2D eigenvalue weighted by atomic mass is 16.5. The average molecular weight is 204 g/mol. The molecule has 4 nitrogen and oxygen atoms in total. The standard InChI is InChI=1S/C11H10NO3/c1-13-8-3-4-9(10(7-8)14-2)11-12-5-6-15-11/h3-5,7H,1-2H3. The molecule has 4 heteroatoms. The zero-order valence-electron chi connectivity index (χ0n) is 8.48. The van der Waals surface area contributed by atoms with E-state index in [4.69, 9.17) is 13.9 Å². The monoisotopic (exact) mass is 204 g/mol. The summed E-state index contributed by atoms with van der Waals surface area (Å²) < 4.78 is 15.4. The Morgan fingerprint density at radius 1 is 1.27 bits per heavy atom. The molecule has 0 atom stereocenters. The van der Waals surface area contributed by atoms with Crippen LogP contribution in [0, 0.1) is 6.26 Å². The highest BCUT2D eigenvalue weighted by Gasteiger charge is 2.10. The zero-order chi connectivity index (χ0) is 10.7. The van der Waals surface area contributed by atoms with E-state index in [1.165, 1.54) is 6.20 Å². The lowest BCUT2D eigenvalue weighted by Crippen LogP contribution is -1.90. The molecule has 77 valence electrons. The highest BCUT2D eigenvalue weighted by Crippen LogP contribution is 2.31. The van der Waals surface area contributed by atoms with Crippen LogP contribution in [0.3, 0.4) is 0 Å². The van der Waals surface area contributed by atoms with Crippen molar-refractivity contribution in [3.05, 3.63) is 30.7 Å². The molecule has 0 aliphatic heterocycles. The minimum absolute atomic E-state index is 0.481. The maximum atomic E-state index is 5.22. The topological polar surface area (TPSA) is 44.5 Å². The van der Waals surface area contributed by atoms with Gasteiger partial charge in [0.2, 0.25) is 5.89 Å². The fraction of sp³-hybridized carbons (Fsp3) is 0.182. The van der Waals surface area contributed by atoms with Crippen LogP contribution in [0.4, 0.5) is 0 Å². The first kappa shape index (κ1) is 9.58. The van der Waals surface area contributed by atoms with Gasteiger partial charge in [-0.05, 0) is 12.1 Å². The quantitative estimate of drug-likeness (QED) is 0.768. The lowest BCUT2D eigenvalue weighted by Gasteiger charge is -2.07. The van der Waals surface area contributed by atoms with Crippen LogP contribution in [0.25, 0.3) is 11.5 Å². The summed E-state index contributed by atoms with van der Waals surface area (Å²) in [6.07, 6.45) is 4.01. The first-order valence-corrected chi connectivity index (χ1v) is 4.39. The van der Waals surface area contributed by atoms with Crippen LogP contribution in [0.2, 0.25) is 0 Å². The second kappa shape index (κ2) is 4.04. The number of rotatable bonds is 3. The van der Waals surface area contributed by atoms with Gasteiger partial charge in [-0.25, -0.2) is 4.98 Å². The van der Waals surface area contributed by atoms with Crippen LogP contribution in [0.1, 0.15) is 0 Å². The Bertz CT molecular complexity index is 437. The number of oxazole rings is 1. The van der Waals surface area contributed by atoms with Crippen LogP contribution in [-0.2, 0) is 0 Å². The Morgan fingerprint density at radius 3 is 2.73 bits per heavy atom. The van der Waals surface area contributed by atoms with Gasteiger partial charge in [0, 0.05) is 6.07 Å². The summed E-state index contributed by atoms with van der Waals surface area (Å²) in [5, 5.41) is 0. The van der Waals surface area contributed by atoms with E-state index < -0.39 is 0 Å². The molecule has 2 rings (SSSR count). The molecule has 0 unspecified atom stereocenters. The van der Waals surface area contributed by atoms with Gasteiger partial charge in [0.05, 0.1) is 26.0 Å². The Balaban J connectivity index is 2.48.